The van der Waals surface area contributed by atoms with E-state index >= 15 is 0 Å². The van der Waals surface area contributed by atoms with Crippen LogP contribution in [0.2, 0.25) is 0 Å². The number of guanidine groups is 1. The SMILES string of the molecule is CCCOc1cc(C)ccc1CNC(=NC)NCCc1cccc(C(=O)N(C)C)c1.I. The number of carbonyl (C=O) groups is 1. The molecule has 31 heavy (non-hydrogen) atoms. The molecule has 2 rings (SSSR count). The van der Waals surface area contributed by atoms with Crippen LogP contribution in [0, 0.1) is 6.92 Å². The second-order valence-corrected chi connectivity index (χ2v) is 7.46. The fourth-order valence-electron chi connectivity index (χ4n) is 3.00. The first kappa shape index (κ1) is 26.7. The standard InChI is InChI=1S/C24H34N4O2.HI/c1-6-14-30-22-15-18(2)10-11-21(22)17-27-24(25-3)26-13-12-19-8-7-9-20(16-19)23(29)28(4)5;/h7-11,15-16H,6,12-14,17H2,1-5H3,(H2,25,26,27);1H. The summed E-state index contributed by atoms with van der Waals surface area (Å²) in [5.74, 6) is 1.67. The molecular weight excluding hydrogens is 503 g/mol. The Kier molecular flexibility index (Phi) is 12.0. The molecule has 7 heteroatoms. The topological polar surface area (TPSA) is 66.0 Å². The maximum atomic E-state index is 12.1. The summed E-state index contributed by atoms with van der Waals surface area (Å²) in [5, 5.41) is 6.69. The first-order chi connectivity index (χ1) is 14.4. The Morgan fingerprint density at radius 2 is 1.90 bits per heavy atom. The number of rotatable bonds is 9. The number of nitrogens with zero attached hydrogens (tertiary/aromatic N) is 2. The molecule has 0 bridgehead atoms. The van der Waals surface area contributed by atoms with Crippen molar-refractivity contribution in [3.63, 3.8) is 0 Å². The Bertz CT molecular complexity index is 868. The van der Waals surface area contributed by atoms with Crippen LogP contribution in [0.3, 0.4) is 0 Å². The number of hydrogen-bond donors (Lipinski definition) is 2. The van der Waals surface area contributed by atoms with Crippen molar-refractivity contribution in [3.05, 3.63) is 64.7 Å². The lowest BCUT2D eigenvalue weighted by atomic mass is 10.1. The first-order valence-electron chi connectivity index (χ1n) is 10.4. The molecule has 0 heterocycles. The van der Waals surface area contributed by atoms with E-state index < -0.39 is 0 Å². The quantitative estimate of drug-likeness (QED) is 0.288. The number of aliphatic imine (C=N–C) groups is 1. The summed E-state index contributed by atoms with van der Waals surface area (Å²) in [6.07, 6.45) is 1.77. The highest BCUT2D eigenvalue weighted by Gasteiger charge is 2.09. The van der Waals surface area contributed by atoms with E-state index in [0.717, 1.165) is 35.7 Å². The molecule has 6 nitrogen and oxygen atoms in total. The largest absolute Gasteiger partial charge is 0.493 e. The zero-order chi connectivity index (χ0) is 21.9. The van der Waals surface area contributed by atoms with Gasteiger partial charge in [0.25, 0.3) is 5.91 Å². The second-order valence-electron chi connectivity index (χ2n) is 7.46. The molecule has 1 amide bonds. The third kappa shape index (κ3) is 8.77. The summed E-state index contributed by atoms with van der Waals surface area (Å²) in [5.41, 5.74) is 4.10. The van der Waals surface area contributed by atoms with Gasteiger partial charge in [-0.2, -0.15) is 0 Å². The summed E-state index contributed by atoms with van der Waals surface area (Å²) in [4.78, 5) is 18.0. The van der Waals surface area contributed by atoms with Gasteiger partial charge >= 0.3 is 0 Å². The minimum Gasteiger partial charge on any atom is -0.493 e. The number of amides is 1. The first-order valence-corrected chi connectivity index (χ1v) is 10.4. The third-order valence-corrected chi connectivity index (χ3v) is 4.64. The average Bonchev–Trinajstić information content (AvgIpc) is 2.75. The van der Waals surface area contributed by atoms with Crippen molar-refractivity contribution in [1.29, 1.82) is 0 Å². The second kappa shape index (κ2) is 13.9. The lowest BCUT2D eigenvalue weighted by molar-refractivity contribution is 0.0827. The van der Waals surface area contributed by atoms with Gasteiger partial charge in [0.1, 0.15) is 5.75 Å². The molecule has 0 radical (unpaired) electrons. The number of hydrogen-bond acceptors (Lipinski definition) is 3. The fraction of sp³-hybridized carbons (Fsp3) is 0.417. The molecule has 170 valence electrons. The van der Waals surface area contributed by atoms with E-state index in [1.54, 1.807) is 26.0 Å². The number of nitrogens with one attached hydrogen (secondary N) is 2. The van der Waals surface area contributed by atoms with E-state index in [1.807, 2.05) is 24.3 Å². The molecule has 0 aromatic heterocycles. The fourth-order valence-corrected chi connectivity index (χ4v) is 3.00. The Labute approximate surface area is 203 Å². The van der Waals surface area contributed by atoms with Gasteiger partial charge in [0.05, 0.1) is 6.61 Å². The van der Waals surface area contributed by atoms with E-state index in [4.69, 9.17) is 4.74 Å². The normalized spacial score (nSPS) is 10.8. The smallest absolute Gasteiger partial charge is 0.253 e. The average molecular weight is 538 g/mol. The maximum Gasteiger partial charge on any atom is 0.253 e. The van der Waals surface area contributed by atoms with Gasteiger partial charge in [0.15, 0.2) is 5.96 Å². The van der Waals surface area contributed by atoms with Gasteiger partial charge in [0.2, 0.25) is 0 Å². The van der Waals surface area contributed by atoms with Crippen LogP contribution < -0.4 is 15.4 Å². The molecule has 0 aliphatic carbocycles. The Hall–Kier alpha value is -2.29. The molecule has 0 atom stereocenters. The summed E-state index contributed by atoms with van der Waals surface area (Å²) >= 11 is 0. The minimum absolute atomic E-state index is 0. The van der Waals surface area contributed by atoms with Crippen molar-refractivity contribution in [3.8, 4) is 5.75 Å². The molecule has 0 saturated carbocycles. The van der Waals surface area contributed by atoms with Crippen LogP contribution in [0.4, 0.5) is 0 Å². The van der Waals surface area contributed by atoms with Crippen LogP contribution in [0.15, 0.2) is 47.5 Å². The third-order valence-electron chi connectivity index (χ3n) is 4.64. The highest BCUT2D eigenvalue weighted by Crippen LogP contribution is 2.20. The van der Waals surface area contributed by atoms with Crippen molar-refractivity contribution < 1.29 is 9.53 Å². The van der Waals surface area contributed by atoms with Gasteiger partial charge < -0.3 is 20.3 Å². The molecule has 0 aliphatic rings. The Morgan fingerprint density at radius 1 is 1.13 bits per heavy atom. The van der Waals surface area contributed by atoms with Crippen LogP contribution in [0.1, 0.15) is 40.4 Å². The predicted octanol–water partition coefficient (Wildman–Crippen LogP) is 4.01. The van der Waals surface area contributed by atoms with Crippen molar-refractivity contribution in [1.82, 2.24) is 15.5 Å². The summed E-state index contributed by atoms with van der Waals surface area (Å²) in [6, 6.07) is 14.0. The van der Waals surface area contributed by atoms with Crippen LogP contribution in [0.25, 0.3) is 0 Å². The van der Waals surface area contributed by atoms with E-state index in [1.165, 1.54) is 5.56 Å². The monoisotopic (exact) mass is 538 g/mol. The number of aryl methyl sites for hydroxylation is 1. The molecule has 0 unspecified atom stereocenters. The van der Waals surface area contributed by atoms with Gasteiger partial charge in [-0.1, -0.05) is 31.2 Å². The summed E-state index contributed by atoms with van der Waals surface area (Å²) in [6.45, 7) is 6.22. The minimum atomic E-state index is 0. The van der Waals surface area contributed by atoms with Crippen LogP contribution >= 0.6 is 24.0 Å². The van der Waals surface area contributed by atoms with Crippen LogP contribution in [-0.2, 0) is 13.0 Å². The summed E-state index contributed by atoms with van der Waals surface area (Å²) < 4.78 is 5.89. The molecule has 2 aromatic carbocycles. The van der Waals surface area contributed by atoms with Crippen molar-refractivity contribution in [2.24, 2.45) is 4.99 Å². The van der Waals surface area contributed by atoms with Gasteiger partial charge in [-0.15, -0.1) is 24.0 Å². The van der Waals surface area contributed by atoms with Gasteiger partial charge in [-0.25, -0.2) is 0 Å². The highest BCUT2D eigenvalue weighted by molar-refractivity contribution is 14.0. The van der Waals surface area contributed by atoms with Gasteiger partial charge in [-0.3, -0.25) is 9.79 Å². The molecule has 0 spiro atoms. The number of carbonyl (C=O) groups excluding carboxylic acids is 1. The Balaban J connectivity index is 0.00000480. The molecule has 2 aromatic rings. The number of ether oxygens (including phenoxy) is 1. The molecule has 0 aliphatic heterocycles. The van der Waals surface area contributed by atoms with Gasteiger partial charge in [-0.05, 0) is 49.1 Å². The molecule has 2 N–H and O–H groups in total. The van der Waals surface area contributed by atoms with E-state index in [0.29, 0.717) is 25.3 Å². The highest BCUT2D eigenvalue weighted by atomic mass is 127. The van der Waals surface area contributed by atoms with E-state index in [-0.39, 0.29) is 29.9 Å². The van der Waals surface area contributed by atoms with Crippen LogP contribution in [0.5, 0.6) is 5.75 Å². The zero-order valence-electron chi connectivity index (χ0n) is 19.2. The zero-order valence-corrected chi connectivity index (χ0v) is 21.5. The lowest BCUT2D eigenvalue weighted by Crippen LogP contribution is -2.38. The van der Waals surface area contributed by atoms with Crippen molar-refractivity contribution >= 4 is 35.8 Å². The Morgan fingerprint density at radius 3 is 2.58 bits per heavy atom. The van der Waals surface area contributed by atoms with Crippen molar-refractivity contribution in [2.45, 2.75) is 33.2 Å². The van der Waals surface area contributed by atoms with Crippen molar-refractivity contribution in [2.75, 3.05) is 34.3 Å². The molecular formula is C24H35IN4O2. The summed E-state index contributed by atoms with van der Waals surface area (Å²) in [7, 11) is 5.29. The van der Waals surface area contributed by atoms with E-state index in [9.17, 15) is 4.79 Å². The van der Waals surface area contributed by atoms with E-state index in [2.05, 4.69) is 47.7 Å². The predicted molar refractivity (Wildman–Crippen MR) is 139 cm³/mol. The maximum absolute atomic E-state index is 12.1. The molecule has 0 saturated heterocycles. The number of halogens is 1. The number of benzene rings is 2. The van der Waals surface area contributed by atoms with Crippen LogP contribution in [-0.4, -0.2) is 51.1 Å². The van der Waals surface area contributed by atoms with Gasteiger partial charge in [0, 0.05) is 45.4 Å². The lowest BCUT2D eigenvalue weighted by Gasteiger charge is -2.15. The molecule has 0 fully saturated rings.